The Morgan fingerprint density at radius 3 is 2.85 bits per heavy atom. The Balaban J connectivity index is 1.83. The van der Waals surface area contributed by atoms with Crippen LogP contribution in [0.5, 0.6) is 0 Å². The molecule has 1 aliphatic rings. The second-order valence-electron chi connectivity index (χ2n) is 3.40. The molecule has 0 radical (unpaired) electrons. The third-order valence-electron chi connectivity index (χ3n) is 2.00. The number of rotatable bonds is 7. The normalized spacial score (nSPS) is 15.8. The monoisotopic (exact) mass is 186 g/mol. The molecular formula is C9H18N2O2. The third-order valence-corrected chi connectivity index (χ3v) is 2.00. The van der Waals surface area contributed by atoms with E-state index in [1.54, 1.807) is 0 Å². The summed E-state index contributed by atoms with van der Waals surface area (Å²) in [6, 6.07) is 0. The molecule has 1 amide bonds. The van der Waals surface area contributed by atoms with Gasteiger partial charge in [0.1, 0.15) is 0 Å². The molecule has 4 heteroatoms. The van der Waals surface area contributed by atoms with Crippen LogP contribution in [0.4, 0.5) is 0 Å². The maximum Gasteiger partial charge on any atom is 0.220 e. The molecule has 0 saturated heterocycles. The average molecular weight is 186 g/mol. The summed E-state index contributed by atoms with van der Waals surface area (Å²) < 4.78 is 5.11. The van der Waals surface area contributed by atoms with E-state index in [1.807, 2.05) is 0 Å². The third kappa shape index (κ3) is 5.60. The van der Waals surface area contributed by atoms with E-state index in [1.165, 1.54) is 12.8 Å². The number of ether oxygens (including phenoxy) is 1. The minimum atomic E-state index is 0.152. The Kier molecular flexibility index (Phi) is 4.78. The molecule has 0 atom stereocenters. The molecule has 0 aromatic carbocycles. The van der Waals surface area contributed by atoms with Gasteiger partial charge in [0.25, 0.3) is 0 Å². The van der Waals surface area contributed by atoms with Crippen LogP contribution >= 0.6 is 0 Å². The van der Waals surface area contributed by atoms with Crippen molar-refractivity contribution in [2.24, 2.45) is 11.7 Å². The van der Waals surface area contributed by atoms with E-state index in [4.69, 9.17) is 10.5 Å². The fourth-order valence-electron chi connectivity index (χ4n) is 1.10. The molecule has 1 rings (SSSR count). The minimum Gasteiger partial charge on any atom is -0.378 e. The van der Waals surface area contributed by atoms with Gasteiger partial charge in [-0.1, -0.05) is 0 Å². The Bertz CT molecular complexity index is 158. The molecule has 0 heterocycles. The standard InChI is InChI=1S/C9H18N2O2/c10-3-5-13-6-4-11-9(12)7-8-1-2-8/h8H,1-7,10H2,(H,11,12). The van der Waals surface area contributed by atoms with Crippen LogP contribution < -0.4 is 11.1 Å². The maximum atomic E-state index is 11.1. The molecule has 0 aromatic heterocycles. The highest BCUT2D eigenvalue weighted by molar-refractivity contribution is 5.76. The number of carbonyl (C=O) groups is 1. The van der Waals surface area contributed by atoms with E-state index in [0.29, 0.717) is 38.6 Å². The number of hydrogen-bond acceptors (Lipinski definition) is 3. The van der Waals surface area contributed by atoms with Crippen molar-refractivity contribution in [1.29, 1.82) is 0 Å². The molecule has 1 saturated carbocycles. The summed E-state index contributed by atoms with van der Waals surface area (Å²) in [5.74, 6) is 0.809. The highest BCUT2D eigenvalue weighted by atomic mass is 16.5. The molecule has 0 spiro atoms. The first kappa shape index (κ1) is 10.5. The van der Waals surface area contributed by atoms with Crippen LogP contribution in [-0.2, 0) is 9.53 Å². The van der Waals surface area contributed by atoms with Gasteiger partial charge in [-0.2, -0.15) is 0 Å². The van der Waals surface area contributed by atoms with Gasteiger partial charge in [-0.05, 0) is 18.8 Å². The lowest BCUT2D eigenvalue weighted by atomic mass is 10.3. The van der Waals surface area contributed by atoms with Crippen molar-refractivity contribution in [3.8, 4) is 0 Å². The van der Waals surface area contributed by atoms with Crippen molar-refractivity contribution in [2.75, 3.05) is 26.3 Å². The SMILES string of the molecule is NCCOCCNC(=O)CC1CC1. The van der Waals surface area contributed by atoms with Crippen LogP contribution in [0.3, 0.4) is 0 Å². The van der Waals surface area contributed by atoms with E-state index < -0.39 is 0 Å². The number of amides is 1. The highest BCUT2D eigenvalue weighted by Gasteiger charge is 2.23. The van der Waals surface area contributed by atoms with Crippen molar-refractivity contribution in [3.05, 3.63) is 0 Å². The molecule has 76 valence electrons. The van der Waals surface area contributed by atoms with E-state index in [9.17, 15) is 4.79 Å². The summed E-state index contributed by atoms with van der Waals surface area (Å²) in [7, 11) is 0. The van der Waals surface area contributed by atoms with Gasteiger partial charge in [0.05, 0.1) is 13.2 Å². The molecule has 13 heavy (non-hydrogen) atoms. The molecule has 0 aromatic rings. The number of nitrogens with one attached hydrogen (secondary N) is 1. The van der Waals surface area contributed by atoms with Gasteiger partial charge in [-0.25, -0.2) is 0 Å². The number of carbonyl (C=O) groups excluding carboxylic acids is 1. The van der Waals surface area contributed by atoms with Crippen LogP contribution in [-0.4, -0.2) is 32.2 Å². The average Bonchev–Trinajstić information content (AvgIpc) is 2.88. The smallest absolute Gasteiger partial charge is 0.220 e. The van der Waals surface area contributed by atoms with Crippen molar-refractivity contribution < 1.29 is 9.53 Å². The first-order chi connectivity index (χ1) is 6.33. The summed E-state index contributed by atoms with van der Waals surface area (Å²) in [4.78, 5) is 11.1. The predicted octanol–water partition coefficient (Wildman–Crippen LogP) is -0.122. The quantitative estimate of drug-likeness (QED) is 0.545. The van der Waals surface area contributed by atoms with E-state index in [0.717, 1.165) is 0 Å². The zero-order valence-corrected chi connectivity index (χ0v) is 7.92. The highest BCUT2D eigenvalue weighted by Crippen LogP contribution is 2.31. The molecular weight excluding hydrogens is 168 g/mol. The van der Waals surface area contributed by atoms with Crippen LogP contribution in [0.25, 0.3) is 0 Å². The lowest BCUT2D eigenvalue weighted by Gasteiger charge is -2.04. The summed E-state index contributed by atoms with van der Waals surface area (Å²) in [6.07, 6.45) is 3.13. The van der Waals surface area contributed by atoms with E-state index in [2.05, 4.69) is 5.32 Å². The van der Waals surface area contributed by atoms with Gasteiger partial charge in [0.15, 0.2) is 0 Å². The lowest BCUT2D eigenvalue weighted by molar-refractivity contribution is -0.121. The van der Waals surface area contributed by atoms with Crippen LogP contribution in [0.1, 0.15) is 19.3 Å². The molecule has 4 nitrogen and oxygen atoms in total. The van der Waals surface area contributed by atoms with Gasteiger partial charge in [-0.15, -0.1) is 0 Å². The van der Waals surface area contributed by atoms with Gasteiger partial charge in [0.2, 0.25) is 5.91 Å². The molecule has 1 fully saturated rings. The first-order valence-corrected chi connectivity index (χ1v) is 4.87. The van der Waals surface area contributed by atoms with Gasteiger partial charge < -0.3 is 15.8 Å². The molecule has 3 N–H and O–H groups in total. The summed E-state index contributed by atoms with van der Waals surface area (Å²) in [5, 5.41) is 2.81. The van der Waals surface area contributed by atoms with Crippen molar-refractivity contribution in [2.45, 2.75) is 19.3 Å². The molecule has 0 bridgehead atoms. The van der Waals surface area contributed by atoms with Crippen molar-refractivity contribution >= 4 is 5.91 Å². The first-order valence-electron chi connectivity index (χ1n) is 4.87. The second kappa shape index (κ2) is 5.94. The fourth-order valence-corrected chi connectivity index (χ4v) is 1.10. The Labute approximate surface area is 78.8 Å². The second-order valence-corrected chi connectivity index (χ2v) is 3.40. The van der Waals surface area contributed by atoms with Crippen molar-refractivity contribution in [3.63, 3.8) is 0 Å². The van der Waals surface area contributed by atoms with Crippen LogP contribution in [0.2, 0.25) is 0 Å². The molecule has 0 unspecified atom stereocenters. The van der Waals surface area contributed by atoms with Crippen LogP contribution in [0.15, 0.2) is 0 Å². The summed E-state index contributed by atoms with van der Waals surface area (Å²) in [5.41, 5.74) is 5.23. The van der Waals surface area contributed by atoms with Crippen LogP contribution in [0, 0.1) is 5.92 Å². The van der Waals surface area contributed by atoms with E-state index >= 15 is 0 Å². The maximum absolute atomic E-state index is 11.1. The Morgan fingerprint density at radius 2 is 2.23 bits per heavy atom. The lowest BCUT2D eigenvalue weighted by Crippen LogP contribution is -2.27. The molecule has 1 aliphatic carbocycles. The topological polar surface area (TPSA) is 64.3 Å². The number of hydrogen-bond donors (Lipinski definition) is 2. The predicted molar refractivity (Wildman–Crippen MR) is 50.2 cm³/mol. The number of nitrogens with two attached hydrogens (primary N) is 1. The van der Waals surface area contributed by atoms with E-state index in [-0.39, 0.29) is 5.91 Å². The van der Waals surface area contributed by atoms with Gasteiger partial charge in [-0.3, -0.25) is 4.79 Å². The summed E-state index contributed by atoms with van der Waals surface area (Å²) in [6.45, 7) is 2.27. The van der Waals surface area contributed by atoms with Crippen molar-refractivity contribution in [1.82, 2.24) is 5.32 Å². The Morgan fingerprint density at radius 1 is 1.46 bits per heavy atom. The minimum absolute atomic E-state index is 0.152. The zero-order chi connectivity index (χ0) is 9.52. The Hall–Kier alpha value is -0.610. The summed E-state index contributed by atoms with van der Waals surface area (Å²) >= 11 is 0. The fraction of sp³-hybridized carbons (Fsp3) is 0.889. The van der Waals surface area contributed by atoms with Gasteiger partial charge in [0, 0.05) is 19.5 Å². The van der Waals surface area contributed by atoms with Gasteiger partial charge >= 0.3 is 0 Å². The largest absolute Gasteiger partial charge is 0.378 e. The zero-order valence-electron chi connectivity index (χ0n) is 7.92. The molecule has 0 aliphatic heterocycles.